The molecule has 0 fully saturated rings. The Kier molecular flexibility index (Phi) is 3.53. The van der Waals surface area contributed by atoms with E-state index in [1.807, 2.05) is 6.92 Å². The largest absolute Gasteiger partial charge is 0.207 e. The third-order valence-corrected chi connectivity index (χ3v) is 2.49. The van der Waals surface area contributed by atoms with Crippen molar-refractivity contribution in [3.05, 3.63) is 29.8 Å². The Morgan fingerprint density at radius 1 is 1.17 bits per heavy atom. The zero-order chi connectivity index (χ0) is 8.97. The molecule has 0 radical (unpaired) electrons. The van der Waals surface area contributed by atoms with Gasteiger partial charge in [-0.2, -0.15) is 0 Å². The van der Waals surface area contributed by atoms with E-state index in [9.17, 15) is 8.78 Å². The maximum absolute atomic E-state index is 12.6. The first-order chi connectivity index (χ1) is 5.72. The molecule has 0 heterocycles. The molecule has 0 nitrogen and oxygen atoms in total. The van der Waals surface area contributed by atoms with Crippen molar-refractivity contribution in [1.82, 2.24) is 0 Å². The average molecular weight is 188 g/mol. The maximum atomic E-state index is 12.6. The summed E-state index contributed by atoms with van der Waals surface area (Å²) in [5.74, 6) is -0.120. The first kappa shape index (κ1) is 9.52. The molecule has 0 N–H and O–H groups in total. The van der Waals surface area contributed by atoms with Crippen molar-refractivity contribution in [2.24, 2.45) is 0 Å². The molecule has 1 aromatic rings. The minimum absolute atomic E-state index is 0.506. The normalized spacial score (nSPS) is 10.2. The van der Waals surface area contributed by atoms with E-state index in [1.54, 1.807) is 0 Å². The van der Waals surface area contributed by atoms with Gasteiger partial charge in [-0.15, -0.1) is 11.8 Å². The second-order valence-corrected chi connectivity index (χ2v) is 3.62. The first-order valence-electron chi connectivity index (χ1n) is 3.81. The first-order valence-corrected chi connectivity index (χ1v) is 4.80. The average Bonchev–Trinajstić information content (AvgIpc) is 1.99. The van der Waals surface area contributed by atoms with Crippen LogP contribution in [0.5, 0.6) is 0 Å². The van der Waals surface area contributed by atoms with Crippen LogP contribution >= 0.6 is 11.8 Å². The van der Waals surface area contributed by atoms with Gasteiger partial charge in [0.15, 0.2) is 0 Å². The molecular weight excluding hydrogens is 178 g/mol. The monoisotopic (exact) mass is 188 g/mol. The summed E-state index contributed by atoms with van der Waals surface area (Å²) >= 11 is 1.47. The maximum Gasteiger partial charge on any atom is 0.127 e. The summed E-state index contributed by atoms with van der Waals surface area (Å²) in [6, 6.07) is 3.59. The second-order valence-electron chi connectivity index (χ2n) is 2.45. The van der Waals surface area contributed by atoms with E-state index in [-0.39, 0.29) is 0 Å². The molecule has 0 amide bonds. The lowest BCUT2D eigenvalue weighted by molar-refractivity contribution is 0.577. The highest BCUT2D eigenvalue weighted by molar-refractivity contribution is 7.99. The Bertz CT molecular complexity index is 240. The molecule has 3 heteroatoms. The van der Waals surface area contributed by atoms with Crippen molar-refractivity contribution >= 4 is 11.8 Å². The van der Waals surface area contributed by atoms with Gasteiger partial charge in [-0.05, 0) is 24.3 Å². The fourth-order valence-electron chi connectivity index (χ4n) is 0.832. The van der Waals surface area contributed by atoms with Crippen molar-refractivity contribution in [2.45, 2.75) is 18.2 Å². The highest BCUT2D eigenvalue weighted by atomic mass is 32.2. The fraction of sp³-hybridized carbons (Fsp3) is 0.333. The van der Waals surface area contributed by atoms with Crippen LogP contribution in [0.3, 0.4) is 0 Å². The minimum atomic E-state index is -0.506. The van der Waals surface area contributed by atoms with Crippen LogP contribution in [-0.2, 0) is 0 Å². The Morgan fingerprint density at radius 3 is 2.25 bits per heavy atom. The van der Waals surface area contributed by atoms with Gasteiger partial charge in [0.05, 0.1) is 0 Å². The summed E-state index contributed by atoms with van der Waals surface area (Å²) in [7, 11) is 0. The van der Waals surface area contributed by atoms with Crippen molar-refractivity contribution in [3.63, 3.8) is 0 Å². The molecule has 0 unspecified atom stereocenters. The van der Waals surface area contributed by atoms with Crippen molar-refractivity contribution < 1.29 is 8.78 Å². The predicted octanol–water partition coefficient (Wildman–Crippen LogP) is 3.47. The molecule has 0 bridgehead atoms. The molecule has 0 spiro atoms. The summed E-state index contributed by atoms with van der Waals surface area (Å²) in [6.07, 6.45) is 1.00. The highest BCUT2D eigenvalue weighted by Gasteiger charge is 1.99. The van der Waals surface area contributed by atoms with Crippen molar-refractivity contribution in [2.75, 3.05) is 5.75 Å². The molecule has 12 heavy (non-hydrogen) atoms. The number of rotatable bonds is 3. The zero-order valence-corrected chi connectivity index (χ0v) is 7.63. The lowest BCUT2D eigenvalue weighted by atomic mass is 10.3. The van der Waals surface area contributed by atoms with Gasteiger partial charge in [0.25, 0.3) is 0 Å². The summed E-state index contributed by atoms with van der Waals surface area (Å²) < 4.78 is 25.2. The van der Waals surface area contributed by atoms with E-state index in [4.69, 9.17) is 0 Å². The lowest BCUT2D eigenvalue weighted by Crippen LogP contribution is -1.82. The van der Waals surface area contributed by atoms with Crippen LogP contribution in [0.15, 0.2) is 23.1 Å². The third-order valence-electron chi connectivity index (χ3n) is 1.31. The molecule has 0 atom stereocenters. The summed E-state index contributed by atoms with van der Waals surface area (Å²) in [4.78, 5) is 0.661. The Hall–Kier alpha value is -0.570. The van der Waals surface area contributed by atoms with Crippen LogP contribution < -0.4 is 0 Å². The van der Waals surface area contributed by atoms with Gasteiger partial charge in [0.2, 0.25) is 0 Å². The molecule has 1 aromatic carbocycles. The number of halogens is 2. The van der Waals surface area contributed by atoms with E-state index in [1.165, 1.54) is 23.9 Å². The quantitative estimate of drug-likeness (QED) is 0.654. The summed E-state index contributed by atoms with van der Waals surface area (Å²) in [5, 5.41) is 0. The van der Waals surface area contributed by atoms with Crippen LogP contribution in [-0.4, -0.2) is 5.75 Å². The Balaban J connectivity index is 2.72. The van der Waals surface area contributed by atoms with Gasteiger partial charge in [-0.25, -0.2) is 8.78 Å². The zero-order valence-electron chi connectivity index (χ0n) is 6.81. The van der Waals surface area contributed by atoms with Gasteiger partial charge in [0.1, 0.15) is 11.6 Å². The molecule has 1 rings (SSSR count). The van der Waals surface area contributed by atoms with E-state index < -0.39 is 11.6 Å². The summed E-state index contributed by atoms with van der Waals surface area (Å²) in [6.45, 7) is 2.03. The molecule has 0 saturated carbocycles. The molecule has 0 aromatic heterocycles. The van der Waals surface area contributed by atoms with Crippen LogP contribution in [0.25, 0.3) is 0 Å². The molecular formula is C9H10F2S. The smallest absolute Gasteiger partial charge is 0.127 e. The number of hydrogen-bond donors (Lipinski definition) is 0. The molecule has 0 aliphatic heterocycles. The lowest BCUT2D eigenvalue weighted by Gasteiger charge is -1.99. The standard InChI is InChI=1S/C9H10F2S/c1-2-3-12-9-5-7(10)4-8(11)6-9/h4-6H,2-3H2,1H3. The molecule has 66 valence electrons. The van der Waals surface area contributed by atoms with E-state index >= 15 is 0 Å². The third kappa shape index (κ3) is 2.81. The number of thioether (sulfide) groups is 1. The van der Waals surface area contributed by atoms with Gasteiger partial charge in [0, 0.05) is 11.0 Å². The van der Waals surface area contributed by atoms with Crippen LogP contribution in [0.2, 0.25) is 0 Å². The second kappa shape index (κ2) is 4.45. The van der Waals surface area contributed by atoms with E-state index in [0.29, 0.717) is 4.90 Å². The van der Waals surface area contributed by atoms with E-state index in [2.05, 4.69) is 0 Å². The van der Waals surface area contributed by atoms with Crippen LogP contribution in [0, 0.1) is 11.6 Å². The topological polar surface area (TPSA) is 0 Å². The summed E-state index contributed by atoms with van der Waals surface area (Å²) in [5.41, 5.74) is 0. The number of hydrogen-bond acceptors (Lipinski definition) is 1. The Labute approximate surface area is 75.0 Å². The van der Waals surface area contributed by atoms with Crippen LogP contribution in [0.4, 0.5) is 8.78 Å². The van der Waals surface area contributed by atoms with Gasteiger partial charge >= 0.3 is 0 Å². The highest BCUT2D eigenvalue weighted by Crippen LogP contribution is 2.20. The van der Waals surface area contributed by atoms with Crippen LogP contribution in [0.1, 0.15) is 13.3 Å². The van der Waals surface area contributed by atoms with E-state index in [0.717, 1.165) is 18.2 Å². The molecule has 0 saturated heterocycles. The fourth-order valence-corrected chi connectivity index (χ4v) is 1.66. The Morgan fingerprint density at radius 2 is 1.75 bits per heavy atom. The number of benzene rings is 1. The minimum Gasteiger partial charge on any atom is -0.207 e. The predicted molar refractivity (Wildman–Crippen MR) is 47.4 cm³/mol. The SMILES string of the molecule is CCCSc1cc(F)cc(F)c1. The van der Waals surface area contributed by atoms with Crippen molar-refractivity contribution in [1.29, 1.82) is 0 Å². The van der Waals surface area contributed by atoms with Crippen molar-refractivity contribution in [3.8, 4) is 0 Å². The van der Waals surface area contributed by atoms with Gasteiger partial charge < -0.3 is 0 Å². The molecule has 0 aliphatic rings. The molecule has 0 aliphatic carbocycles. The van der Waals surface area contributed by atoms with Gasteiger partial charge in [-0.1, -0.05) is 6.92 Å². The van der Waals surface area contributed by atoms with Gasteiger partial charge in [-0.3, -0.25) is 0 Å².